The van der Waals surface area contributed by atoms with Gasteiger partial charge in [-0.15, -0.1) is 0 Å². The number of hydrogen-bond donors (Lipinski definition) is 0. The van der Waals surface area contributed by atoms with Gasteiger partial charge in [-0.05, 0) is 59.5 Å². The number of fused-ring (bicyclic) bond motifs is 1. The van der Waals surface area contributed by atoms with Gasteiger partial charge in [-0.25, -0.2) is 9.18 Å². The van der Waals surface area contributed by atoms with Gasteiger partial charge in [0.25, 0.3) is 0 Å². The molecular formula is C27H40FN3O3Si. The number of anilines is 2. The molecule has 3 fully saturated rings. The van der Waals surface area contributed by atoms with Gasteiger partial charge in [0.15, 0.2) is 0 Å². The van der Waals surface area contributed by atoms with Gasteiger partial charge >= 0.3 is 6.09 Å². The number of nitrogens with zero attached hydrogens (tertiary/aromatic N) is 3. The maximum Gasteiger partial charge on any atom is 0.414 e. The van der Waals surface area contributed by atoms with Crippen LogP contribution in [0.4, 0.5) is 20.6 Å². The van der Waals surface area contributed by atoms with Crippen molar-refractivity contribution < 1.29 is 18.3 Å². The predicted octanol–water partition coefficient (Wildman–Crippen LogP) is 6.18. The molecule has 0 aromatic heterocycles. The summed E-state index contributed by atoms with van der Waals surface area (Å²) in [5.41, 5.74) is 2.43. The third kappa shape index (κ3) is 4.58. The predicted molar refractivity (Wildman–Crippen MR) is 138 cm³/mol. The summed E-state index contributed by atoms with van der Waals surface area (Å²) in [5, 5.41) is 9.18. The van der Waals surface area contributed by atoms with Crippen LogP contribution in [0, 0.1) is 40.8 Å². The SMILES string of the molecule is CC(C)[Si](OC[C@H]1CN(c2ccc(N3C[C@@H]4C([C@H](C)C#N)[C@@H]4C3)c(F)c2)C(=O)O1)(C(C)C)C(C)C. The van der Waals surface area contributed by atoms with Crippen molar-refractivity contribution in [3.8, 4) is 6.07 Å². The topological polar surface area (TPSA) is 65.8 Å². The normalized spacial score (nSPS) is 27.0. The Morgan fingerprint density at radius 3 is 2.20 bits per heavy atom. The number of nitriles is 1. The summed E-state index contributed by atoms with van der Waals surface area (Å²) in [4.78, 5) is 16.2. The lowest BCUT2D eigenvalue weighted by atomic mass is 10.0. The Labute approximate surface area is 210 Å². The summed E-state index contributed by atoms with van der Waals surface area (Å²) in [5.74, 6) is 1.15. The molecule has 1 unspecified atom stereocenters. The van der Waals surface area contributed by atoms with Gasteiger partial charge < -0.3 is 14.1 Å². The summed E-state index contributed by atoms with van der Waals surface area (Å²) < 4.78 is 27.4. The van der Waals surface area contributed by atoms with Crippen LogP contribution in [0.15, 0.2) is 18.2 Å². The molecule has 35 heavy (non-hydrogen) atoms. The number of piperidine rings is 1. The first-order valence-electron chi connectivity index (χ1n) is 13.1. The third-order valence-corrected chi connectivity index (χ3v) is 14.8. The van der Waals surface area contributed by atoms with Crippen LogP contribution >= 0.6 is 0 Å². The standard InChI is InChI=1S/C27H40FN3O3Si/c1-16(2)35(17(3)4,18(5)6)33-15-21-12-31(27(32)34-21)20-8-9-25(24(28)10-20)30-13-22-23(14-30)26(22)19(7)11-29/h8-10,16-19,21-23,26H,12-15H2,1-7H3/t19-,21-,22-,23+,26?/m1/s1. The maximum absolute atomic E-state index is 15.1. The lowest BCUT2D eigenvalue weighted by Crippen LogP contribution is -2.49. The van der Waals surface area contributed by atoms with Gasteiger partial charge in [0.1, 0.15) is 11.9 Å². The Morgan fingerprint density at radius 1 is 1.09 bits per heavy atom. The number of rotatable bonds is 9. The van der Waals surface area contributed by atoms with Gasteiger partial charge in [-0.3, -0.25) is 4.90 Å². The van der Waals surface area contributed by atoms with Crippen LogP contribution < -0.4 is 9.80 Å². The van der Waals surface area contributed by atoms with Crippen LogP contribution in [0.2, 0.25) is 16.6 Å². The number of carbonyl (C=O) groups is 1. The summed E-state index contributed by atoms with van der Waals surface area (Å²) in [6, 6.07) is 7.36. The Hall–Kier alpha value is -2.11. The zero-order chi connectivity index (χ0) is 25.7. The minimum atomic E-state index is -2.06. The van der Waals surface area contributed by atoms with Crippen molar-refractivity contribution in [2.24, 2.45) is 23.7 Å². The minimum absolute atomic E-state index is 0.0620. The number of benzene rings is 1. The average molecular weight is 502 g/mol. The van der Waals surface area contributed by atoms with Crippen molar-refractivity contribution in [1.29, 1.82) is 5.26 Å². The van der Waals surface area contributed by atoms with Gasteiger partial charge in [-0.1, -0.05) is 41.5 Å². The second-order valence-electron chi connectivity index (χ2n) is 11.6. The van der Waals surface area contributed by atoms with Crippen LogP contribution in [0.25, 0.3) is 0 Å². The first-order valence-corrected chi connectivity index (χ1v) is 15.2. The fraction of sp³-hybridized carbons (Fsp3) is 0.704. The fourth-order valence-electron chi connectivity index (χ4n) is 7.07. The number of ether oxygens (including phenoxy) is 1. The molecule has 1 saturated carbocycles. The van der Waals surface area contributed by atoms with Crippen LogP contribution in [0.1, 0.15) is 48.5 Å². The van der Waals surface area contributed by atoms with E-state index in [9.17, 15) is 10.1 Å². The molecule has 1 aromatic rings. The Kier molecular flexibility index (Phi) is 7.23. The highest BCUT2D eigenvalue weighted by Crippen LogP contribution is 2.56. The molecule has 8 heteroatoms. The van der Waals surface area contributed by atoms with E-state index in [1.165, 1.54) is 11.0 Å². The lowest BCUT2D eigenvalue weighted by Gasteiger charge is -2.42. The van der Waals surface area contributed by atoms with E-state index in [-0.39, 0.29) is 17.8 Å². The van der Waals surface area contributed by atoms with E-state index in [4.69, 9.17) is 9.16 Å². The summed E-state index contributed by atoms with van der Waals surface area (Å²) >= 11 is 0. The maximum atomic E-state index is 15.1. The highest BCUT2D eigenvalue weighted by atomic mass is 28.4. The smallest absolute Gasteiger partial charge is 0.414 e. The quantitative estimate of drug-likeness (QED) is 0.378. The molecule has 3 aliphatic rings. The van der Waals surface area contributed by atoms with E-state index < -0.39 is 14.4 Å². The molecule has 0 radical (unpaired) electrons. The van der Waals surface area contributed by atoms with Gasteiger partial charge in [-0.2, -0.15) is 5.26 Å². The number of amides is 1. The van der Waals surface area contributed by atoms with Crippen molar-refractivity contribution in [2.75, 3.05) is 36.0 Å². The molecule has 0 spiro atoms. The van der Waals surface area contributed by atoms with E-state index in [1.807, 2.05) is 6.92 Å². The van der Waals surface area contributed by atoms with Gasteiger partial charge in [0.2, 0.25) is 8.32 Å². The molecule has 0 bridgehead atoms. The zero-order valence-corrected chi connectivity index (χ0v) is 23.1. The Balaban J connectivity index is 1.39. The molecular weight excluding hydrogens is 461 g/mol. The molecule has 0 N–H and O–H groups in total. The molecule has 2 aliphatic heterocycles. The second-order valence-corrected chi connectivity index (χ2v) is 17.1. The van der Waals surface area contributed by atoms with Crippen LogP contribution in [0.3, 0.4) is 0 Å². The van der Waals surface area contributed by atoms with Crippen molar-refractivity contribution >= 4 is 25.8 Å². The van der Waals surface area contributed by atoms with Crippen molar-refractivity contribution in [2.45, 2.75) is 71.2 Å². The van der Waals surface area contributed by atoms with Crippen LogP contribution in [-0.2, 0) is 9.16 Å². The molecule has 2 heterocycles. The largest absolute Gasteiger partial charge is 0.442 e. The number of cyclic esters (lactones) is 1. The van der Waals surface area contributed by atoms with Crippen molar-refractivity contribution in [3.05, 3.63) is 24.0 Å². The van der Waals surface area contributed by atoms with E-state index in [1.54, 1.807) is 12.1 Å². The first-order chi connectivity index (χ1) is 16.5. The highest BCUT2D eigenvalue weighted by molar-refractivity contribution is 6.77. The number of carbonyl (C=O) groups excluding carboxylic acids is 1. The van der Waals surface area contributed by atoms with E-state index in [0.717, 1.165) is 13.1 Å². The molecule has 1 aromatic carbocycles. The number of hydrogen-bond acceptors (Lipinski definition) is 5. The monoisotopic (exact) mass is 501 g/mol. The summed E-state index contributed by atoms with van der Waals surface area (Å²) in [6.07, 6.45) is -0.814. The minimum Gasteiger partial charge on any atom is -0.442 e. The first kappa shape index (κ1) is 26.0. The lowest BCUT2D eigenvalue weighted by molar-refractivity contribution is 0.0979. The Morgan fingerprint density at radius 2 is 1.69 bits per heavy atom. The molecule has 192 valence electrons. The van der Waals surface area contributed by atoms with Gasteiger partial charge in [0, 0.05) is 19.0 Å². The zero-order valence-electron chi connectivity index (χ0n) is 22.1. The van der Waals surface area contributed by atoms with Gasteiger partial charge in [0.05, 0.1) is 30.6 Å². The van der Waals surface area contributed by atoms with E-state index in [2.05, 4.69) is 52.5 Å². The molecule has 4 rings (SSSR count). The third-order valence-electron chi connectivity index (χ3n) is 8.73. The summed E-state index contributed by atoms with van der Waals surface area (Å²) in [6.45, 7) is 17.7. The second kappa shape index (κ2) is 9.74. The van der Waals surface area contributed by atoms with Crippen LogP contribution in [-0.4, -0.2) is 46.8 Å². The van der Waals surface area contributed by atoms with E-state index >= 15 is 4.39 Å². The van der Waals surface area contributed by atoms with Crippen molar-refractivity contribution in [1.82, 2.24) is 0 Å². The fourth-order valence-corrected chi connectivity index (χ4v) is 12.5. The average Bonchev–Trinajstić information content (AvgIpc) is 3.10. The number of halogens is 1. The van der Waals surface area contributed by atoms with Crippen molar-refractivity contribution in [3.63, 3.8) is 0 Å². The van der Waals surface area contributed by atoms with Crippen LogP contribution in [0.5, 0.6) is 0 Å². The van der Waals surface area contributed by atoms with E-state index in [0.29, 0.717) is 58.9 Å². The highest BCUT2D eigenvalue weighted by Gasteiger charge is 2.58. The Bertz CT molecular complexity index is 961. The molecule has 1 aliphatic carbocycles. The summed E-state index contributed by atoms with van der Waals surface area (Å²) in [7, 11) is -2.06. The molecule has 1 amide bonds. The molecule has 5 atom stereocenters. The molecule has 6 nitrogen and oxygen atoms in total. The molecule has 2 saturated heterocycles.